The molecule has 0 atom stereocenters. The average molecular weight is 304 g/mol. The Labute approximate surface area is 131 Å². The SMILES string of the molecule is Nc1ccc2ncc(-c3cnc(Nc4cccnc4)nc3)n2n1. The summed E-state index contributed by atoms with van der Waals surface area (Å²) in [5.41, 5.74) is 8.85. The minimum absolute atomic E-state index is 0.424. The lowest BCUT2D eigenvalue weighted by Gasteiger charge is -2.05. The van der Waals surface area contributed by atoms with Crippen LogP contribution in [-0.4, -0.2) is 29.5 Å². The highest BCUT2D eigenvalue weighted by Gasteiger charge is 2.08. The summed E-state index contributed by atoms with van der Waals surface area (Å²) in [6.07, 6.45) is 8.54. The van der Waals surface area contributed by atoms with Gasteiger partial charge in [0.2, 0.25) is 5.95 Å². The summed E-state index contributed by atoms with van der Waals surface area (Å²) >= 11 is 0. The molecule has 4 aromatic rings. The predicted molar refractivity (Wildman–Crippen MR) is 85.9 cm³/mol. The summed E-state index contributed by atoms with van der Waals surface area (Å²) < 4.78 is 1.67. The van der Waals surface area contributed by atoms with Crippen molar-refractivity contribution in [1.29, 1.82) is 0 Å². The number of nitrogens with one attached hydrogen (secondary N) is 1. The molecule has 0 saturated carbocycles. The van der Waals surface area contributed by atoms with Gasteiger partial charge in [-0.3, -0.25) is 4.98 Å². The van der Waals surface area contributed by atoms with Gasteiger partial charge in [0.15, 0.2) is 5.65 Å². The largest absolute Gasteiger partial charge is 0.382 e. The topological polar surface area (TPSA) is 107 Å². The van der Waals surface area contributed by atoms with Crippen LogP contribution in [-0.2, 0) is 0 Å². The third-order valence-electron chi connectivity index (χ3n) is 3.25. The molecule has 4 heterocycles. The lowest BCUT2D eigenvalue weighted by atomic mass is 10.3. The van der Waals surface area contributed by atoms with Gasteiger partial charge in [-0.2, -0.15) is 0 Å². The van der Waals surface area contributed by atoms with Crippen LogP contribution < -0.4 is 11.1 Å². The van der Waals surface area contributed by atoms with Crippen LogP contribution in [0.2, 0.25) is 0 Å². The standard InChI is InChI=1S/C15H12N8/c16-13-3-4-14-18-9-12(23(14)22-13)10-6-19-15(20-7-10)21-11-2-1-5-17-8-11/h1-9H,(H2,16,22)(H,19,20,21). The van der Waals surface area contributed by atoms with E-state index in [1.807, 2.05) is 18.2 Å². The highest BCUT2D eigenvalue weighted by Crippen LogP contribution is 2.20. The van der Waals surface area contributed by atoms with E-state index in [1.54, 1.807) is 41.6 Å². The number of hydrogen-bond acceptors (Lipinski definition) is 7. The number of pyridine rings is 1. The minimum Gasteiger partial charge on any atom is -0.382 e. The maximum atomic E-state index is 5.73. The van der Waals surface area contributed by atoms with Gasteiger partial charge in [-0.15, -0.1) is 5.10 Å². The lowest BCUT2D eigenvalue weighted by molar-refractivity contribution is 0.949. The van der Waals surface area contributed by atoms with Crippen molar-refractivity contribution in [3.05, 3.63) is 55.2 Å². The second-order valence-corrected chi connectivity index (χ2v) is 4.83. The van der Waals surface area contributed by atoms with Gasteiger partial charge in [-0.1, -0.05) is 0 Å². The summed E-state index contributed by atoms with van der Waals surface area (Å²) in [4.78, 5) is 16.9. The molecular weight excluding hydrogens is 292 g/mol. The molecule has 0 radical (unpaired) electrons. The molecule has 0 aliphatic heterocycles. The molecule has 112 valence electrons. The Morgan fingerprint density at radius 2 is 1.83 bits per heavy atom. The van der Waals surface area contributed by atoms with Gasteiger partial charge < -0.3 is 11.1 Å². The fourth-order valence-corrected chi connectivity index (χ4v) is 2.17. The van der Waals surface area contributed by atoms with Crippen LogP contribution in [0.1, 0.15) is 0 Å². The predicted octanol–water partition coefficient (Wildman–Crippen LogP) is 1.91. The highest BCUT2D eigenvalue weighted by atomic mass is 15.3. The van der Waals surface area contributed by atoms with Crippen LogP contribution in [0.5, 0.6) is 0 Å². The van der Waals surface area contributed by atoms with Crippen LogP contribution in [0.4, 0.5) is 17.5 Å². The van der Waals surface area contributed by atoms with Crippen molar-refractivity contribution in [2.75, 3.05) is 11.1 Å². The Balaban J connectivity index is 1.66. The molecule has 0 saturated heterocycles. The van der Waals surface area contributed by atoms with Gasteiger partial charge in [0.25, 0.3) is 0 Å². The van der Waals surface area contributed by atoms with E-state index in [0.717, 1.165) is 16.9 Å². The number of nitrogen functional groups attached to an aromatic ring is 1. The Morgan fingerprint density at radius 1 is 0.957 bits per heavy atom. The first-order valence-electron chi connectivity index (χ1n) is 6.89. The van der Waals surface area contributed by atoms with Crippen LogP contribution in [0.3, 0.4) is 0 Å². The third kappa shape index (κ3) is 2.53. The number of fused-ring (bicyclic) bond motifs is 1. The molecule has 0 spiro atoms. The van der Waals surface area contributed by atoms with E-state index in [4.69, 9.17) is 5.73 Å². The van der Waals surface area contributed by atoms with Gasteiger partial charge in [-0.05, 0) is 24.3 Å². The maximum absolute atomic E-state index is 5.73. The molecule has 4 aromatic heterocycles. The molecule has 23 heavy (non-hydrogen) atoms. The van der Waals surface area contributed by atoms with Crippen molar-refractivity contribution in [2.45, 2.75) is 0 Å². The first-order valence-corrected chi connectivity index (χ1v) is 6.89. The van der Waals surface area contributed by atoms with E-state index in [-0.39, 0.29) is 0 Å². The average Bonchev–Trinajstić information content (AvgIpc) is 2.99. The van der Waals surface area contributed by atoms with E-state index in [1.165, 1.54) is 0 Å². The number of hydrogen-bond donors (Lipinski definition) is 2. The van der Waals surface area contributed by atoms with Gasteiger partial charge in [-0.25, -0.2) is 19.5 Å². The van der Waals surface area contributed by atoms with Crippen molar-refractivity contribution in [3.8, 4) is 11.3 Å². The van der Waals surface area contributed by atoms with Gasteiger partial charge in [0.05, 0.1) is 23.8 Å². The van der Waals surface area contributed by atoms with E-state index in [9.17, 15) is 0 Å². The van der Waals surface area contributed by atoms with Gasteiger partial charge in [0, 0.05) is 24.2 Å². The van der Waals surface area contributed by atoms with E-state index < -0.39 is 0 Å². The molecule has 0 aliphatic rings. The van der Waals surface area contributed by atoms with Crippen molar-refractivity contribution < 1.29 is 0 Å². The molecule has 3 N–H and O–H groups in total. The van der Waals surface area contributed by atoms with Crippen LogP contribution in [0.15, 0.2) is 55.2 Å². The molecule has 0 unspecified atom stereocenters. The first-order chi connectivity index (χ1) is 11.3. The Kier molecular flexibility index (Phi) is 3.05. The Morgan fingerprint density at radius 3 is 2.61 bits per heavy atom. The first kappa shape index (κ1) is 13.1. The number of nitrogens with two attached hydrogens (primary N) is 1. The van der Waals surface area contributed by atoms with Crippen molar-refractivity contribution >= 4 is 23.1 Å². The molecule has 0 bridgehead atoms. The normalized spacial score (nSPS) is 10.8. The molecule has 8 nitrogen and oxygen atoms in total. The molecular formula is C15H12N8. The highest BCUT2D eigenvalue weighted by molar-refractivity contribution is 5.63. The van der Waals surface area contributed by atoms with E-state index >= 15 is 0 Å². The van der Waals surface area contributed by atoms with Crippen molar-refractivity contribution in [3.63, 3.8) is 0 Å². The third-order valence-corrected chi connectivity index (χ3v) is 3.25. The summed E-state index contributed by atoms with van der Waals surface area (Å²) in [6, 6.07) is 7.25. The van der Waals surface area contributed by atoms with Gasteiger partial charge >= 0.3 is 0 Å². The summed E-state index contributed by atoms with van der Waals surface area (Å²) in [5, 5.41) is 7.33. The summed E-state index contributed by atoms with van der Waals surface area (Å²) in [7, 11) is 0. The lowest BCUT2D eigenvalue weighted by Crippen LogP contribution is -2.00. The zero-order valence-electron chi connectivity index (χ0n) is 12.0. The number of nitrogens with zero attached hydrogens (tertiary/aromatic N) is 6. The molecule has 0 aliphatic carbocycles. The smallest absolute Gasteiger partial charge is 0.227 e. The molecule has 0 aromatic carbocycles. The van der Waals surface area contributed by atoms with Crippen molar-refractivity contribution in [1.82, 2.24) is 29.5 Å². The number of anilines is 3. The van der Waals surface area contributed by atoms with Crippen LogP contribution in [0.25, 0.3) is 16.9 Å². The monoisotopic (exact) mass is 304 g/mol. The minimum atomic E-state index is 0.424. The zero-order valence-corrected chi connectivity index (χ0v) is 12.0. The van der Waals surface area contributed by atoms with Gasteiger partial charge in [0.1, 0.15) is 5.82 Å². The molecule has 0 fully saturated rings. The number of rotatable bonds is 3. The molecule has 4 rings (SSSR count). The van der Waals surface area contributed by atoms with Crippen molar-refractivity contribution in [2.24, 2.45) is 0 Å². The fraction of sp³-hybridized carbons (Fsp3) is 0. The molecule has 8 heteroatoms. The Hall–Kier alpha value is -3.55. The number of aromatic nitrogens is 6. The maximum Gasteiger partial charge on any atom is 0.227 e. The van der Waals surface area contributed by atoms with E-state index in [2.05, 4.69) is 30.4 Å². The second-order valence-electron chi connectivity index (χ2n) is 4.83. The fourth-order valence-electron chi connectivity index (χ4n) is 2.17. The number of imidazole rings is 1. The zero-order chi connectivity index (χ0) is 15.6. The Bertz CT molecular complexity index is 946. The molecule has 0 amide bonds. The van der Waals surface area contributed by atoms with Crippen LogP contribution >= 0.6 is 0 Å². The summed E-state index contributed by atoms with van der Waals surface area (Å²) in [5.74, 6) is 0.913. The van der Waals surface area contributed by atoms with E-state index in [0.29, 0.717) is 17.4 Å². The summed E-state index contributed by atoms with van der Waals surface area (Å²) in [6.45, 7) is 0. The quantitative estimate of drug-likeness (QED) is 0.595. The van der Waals surface area contributed by atoms with Crippen LogP contribution in [0, 0.1) is 0 Å². The second kappa shape index (κ2) is 5.34.